The van der Waals surface area contributed by atoms with E-state index in [0.717, 1.165) is 56.7 Å². The Bertz CT molecular complexity index is 1140. The van der Waals surface area contributed by atoms with Gasteiger partial charge in [0.15, 0.2) is 5.13 Å². The van der Waals surface area contributed by atoms with Crippen LogP contribution in [0.5, 0.6) is 0 Å². The Hall–Kier alpha value is -1.96. The number of anilines is 1. The van der Waals surface area contributed by atoms with E-state index in [1.54, 1.807) is 11.3 Å². The van der Waals surface area contributed by atoms with Crippen LogP contribution in [0.3, 0.4) is 0 Å². The highest BCUT2D eigenvalue weighted by Crippen LogP contribution is 2.30. The molecule has 4 aromatic rings. The van der Waals surface area contributed by atoms with Crippen molar-refractivity contribution in [1.29, 1.82) is 0 Å². The fourth-order valence-electron chi connectivity index (χ4n) is 3.93. The summed E-state index contributed by atoms with van der Waals surface area (Å²) in [5.74, 6) is 0. The van der Waals surface area contributed by atoms with Crippen molar-refractivity contribution >= 4 is 53.6 Å². The summed E-state index contributed by atoms with van der Waals surface area (Å²) >= 11 is 5.16. The number of thiazole rings is 1. The largest absolute Gasteiger partial charge is 0.391 e. The number of hydrogen-bond acceptors (Lipinski definition) is 5. The van der Waals surface area contributed by atoms with Gasteiger partial charge in [0.1, 0.15) is 0 Å². The van der Waals surface area contributed by atoms with E-state index in [1.165, 1.54) is 12.0 Å². The van der Waals surface area contributed by atoms with Gasteiger partial charge in [0.2, 0.25) is 0 Å². The van der Waals surface area contributed by atoms with E-state index < -0.39 is 0 Å². The molecule has 1 aliphatic rings. The second-order valence-corrected chi connectivity index (χ2v) is 9.38. The van der Waals surface area contributed by atoms with Crippen molar-refractivity contribution in [2.24, 2.45) is 0 Å². The molecular formula is C21H21BrN4OS. The Labute approximate surface area is 175 Å². The Morgan fingerprint density at radius 2 is 2.04 bits per heavy atom. The molecule has 0 bridgehead atoms. The van der Waals surface area contributed by atoms with Gasteiger partial charge in [0.25, 0.3) is 0 Å². The molecule has 2 aromatic heterocycles. The third kappa shape index (κ3) is 3.54. The summed E-state index contributed by atoms with van der Waals surface area (Å²) in [5.41, 5.74) is 4.34. The minimum atomic E-state index is -0.272. The van der Waals surface area contributed by atoms with E-state index in [1.807, 2.05) is 18.5 Å². The molecule has 0 aliphatic heterocycles. The molecule has 1 fully saturated rings. The third-order valence-corrected chi connectivity index (χ3v) is 6.87. The fraction of sp³-hybridized carbons (Fsp3) is 0.333. The SMILES string of the molecule is O[C@@H]1CCCC[C@H]1Nc1nc2ccc(Cn3cnc4cc(Br)ccc43)cc2s1. The standard InChI is InChI=1S/C21H21BrN4OS/c22-14-6-8-18-17(10-14)23-12-26(18)11-13-5-7-16-20(9-13)28-21(25-16)24-15-3-1-2-4-19(15)27/h5-10,12,15,19,27H,1-4,11H2,(H,24,25)/t15-,19-/m1/s1. The van der Waals surface area contributed by atoms with Gasteiger partial charge in [-0.15, -0.1) is 0 Å². The first-order valence-corrected chi connectivity index (χ1v) is 11.2. The lowest BCUT2D eigenvalue weighted by molar-refractivity contribution is 0.116. The van der Waals surface area contributed by atoms with Crippen LogP contribution in [0.1, 0.15) is 31.2 Å². The molecule has 144 valence electrons. The van der Waals surface area contributed by atoms with Crippen LogP contribution >= 0.6 is 27.3 Å². The second kappa shape index (κ2) is 7.46. The van der Waals surface area contributed by atoms with E-state index >= 15 is 0 Å². The van der Waals surface area contributed by atoms with Gasteiger partial charge < -0.3 is 15.0 Å². The summed E-state index contributed by atoms with van der Waals surface area (Å²) in [6, 6.07) is 12.7. The van der Waals surface area contributed by atoms with Crippen molar-refractivity contribution in [2.45, 2.75) is 44.4 Å². The first-order chi connectivity index (χ1) is 13.7. The van der Waals surface area contributed by atoms with E-state index in [2.05, 4.69) is 55.1 Å². The highest BCUT2D eigenvalue weighted by molar-refractivity contribution is 9.10. The Kier molecular flexibility index (Phi) is 4.82. The summed E-state index contributed by atoms with van der Waals surface area (Å²) in [6.07, 6.45) is 5.78. The lowest BCUT2D eigenvalue weighted by Gasteiger charge is -2.27. The van der Waals surface area contributed by atoms with Crippen LogP contribution in [0.2, 0.25) is 0 Å². The number of nitrogens with zero attached hydrogens (tertiary/aromatic N) is 3. The molecular weight excluding hydrogens is 436 g/mol. The van der Waals surface area contributed by atoms with Crippen LogP contribution in [0.4, 0.5) is 5.13 Å². The molecule has 2 aromatic carbocycles. The number of halogens is 1. The molecule has 0 radical (unpaired) electrons. The van der Waals surface area contributed by atoms with E-state index in [4.69, 9.17) is 4.98 Å². The number of aliphatic hydroxyl groups excluding tert-OH is 1. The van der Waals surface area contributed by atoms with Crippen LogP contribution in [-0.2, 0) is 6.54 Å². The quantitative estimate of drug-likeness (QED) is 0.444. The summed E-state index contributed by atoms with van der Waals surface area (Å²) in [4.78, 5) is 9.21. The van der Waals surface area contributed by atoms with E-state index in [0.29, 0.717) is 0 Å². The van der Waals surface area contributed by atoms with E-state index in [9.17, 15) is 5.11 Å². The van der Waals surface area contributed by atoms with Crippen LogP contribution in [0.25, 0.3) is 21.3 Å². The average molecular weight is 457 g/mol. The molecule has 5 rings (SSSR count). The molecule has 1 saturated carbocycles. The monoisotopic (exact) mass is 456 g/mol. The highest BCUT2D eigenvalue weighted by atomic mass is 79.9. The minimum Gasteiger partial charge on any atom is -0.391 e. The van der Waals surface area contributed by atoms with Gasteiger partial charge in [0.05, 0.1) is 39.7 Å². The van der Waals surface area contributed by atoms with Gasteiger partial charge in [-0.3, -0.25) is 0 Å². The number of aliphatic hydroxyl groups is 1. The number of benzene rings is 2. The summed E-state index contributed by atoms with van der Waals surface area (Å²) in [6.45, 7) is 0.774. The smallest absolute Gasteiger partial charge is 0.184 e. The Balaban J connectivity index is 1.38. The number of imidazole rings is 1. The molecule has 7 heteroatoms. The number of fused-ring (bicyclic) bond motifs is 2. The normalized spacial score (nSPS) is 20.1. The lowest BCUT2D eigenvalue weighted by Crippen LogP contribution is -2.36. The molecule has 0 amide bonds. The number of aromatic nitrogens is 3. The van der Waals surface area contributed by atoms with Crippen LogP contribution in [-0.4, -0.2) is 31.8 Å². The average Bonchev–Trinajstić information content (AvgIpc) is 3.26. The zero-order valence-corrected chi connectivity index (χ0v) is 17.7. The van der Waals surface area contributed by atoms with Crippen LogP contribution in [0.15, 0.2) is 47.2 Å². The predicted octanol–water partition coefficient (Wildman–Crippen LogP) is 5.17. The molecule has 0 unspecified atom stereocenters. The zero-order chi connectivity index (χ0) is 19.1. The van der Waals surface area contributed by atoms with Crippen molar-refractivity contribution in [3.63, 3.8) is 0 Å². The van der Waals surface area contributed by atoms with E-state index in [-0.39, 0.29) is 12.1 Å². The molecule has 2 atom stereocenters. The molecule has 1 aliphatic carbocycles. The summed E-state index contributed by atoms with van der Waals surface area (Å²) in [5, 5.41) is 14.6. The molecule has 2 heterocycles. The summed E-state index contributed by atoms with van der Waals surface area (Å²) in [7, 11) is 0. The summed E-state index contributed by atoms with van der Waals surface area (Å²) < 4.78 is 4.37. The third-order valence-electron chi connectivity index (χ3n) is 5.43. The van der Waals surface area contributed by atoms with Crippen LogP contribution < -0.4 is 5.32 Å². The Morgan fingerprint density at radius 3 is 2.93 bits per heavy atom. The van der Waals surface area contributed by atoms with Gasteiger partial charge in [-0.05, 0) is 48.7 Å². The minimum absolute atomic E-state index is 0.116. The second-order valence-electron chi connectivity index (χ2n) is 7.43. The van der Waals surface area contributed by atoms with Crippen molar-refractivity contribution in [3.8, 4) is 0 Å². The van der Waals surface area contributed by atoms with Crippen molar-refractivity contribution in [1.82, 2.24) is 14.5 Å². The molecule has 2 N–H and O–H groups in total. The number of hydrogen-bond donors (Lipinski definition) is 2. The maximum Gasteiger partial charge on any atom is 0.184 e. The Morgan fingerprint density at radius 1 is 1.14 bits per heavy atom. The van der Waals surface area contributed by atoms with Gasteiger partial charge in [-0.1, -0.05) is 46.2 Å². The van der Waals surface area contributed by atoms with Gasteiger partial charge >= 0.3 is 0 Å². The van der Waals surface area contributed by atoms with Gasteiger partial charge in [-0.2, -0.15) is 0 Å². The van der Waals surface area contributed by atoms with Crippen molar-refractivity contribution < 1.29 is 5.11 Å². The topological polar surface area (TPSA) is 63.0 Å². The van der Waals surface area contributed by atoms with Gasteiger partial charge in [-0.25, -0.2) is 9.97 Å². The predicted molar refractivity (Wildman–Crippen MR) is 118 cm³/mol. The first kappa shape index (κ1) is 18.1. The van der Waals surface area contributed by atoms with Gasteiger partial charge in [0, 0.05) is 11.0 Å². The molecule has 28 heavy (non-hydrogen) atoms. The zero-order valence-electron chi connectivity index (χ0n) is 15.3. The highest BCUT2D eigenvalue weighted by Gasteiger charge is 2.23. The maximum absolute atomic E-state index is 10.2. The number of rotatable bonds is 4. The fourth-order valence-corrected chi connectivity index (χ4v) is 5.27. The number of nitrogens with one attached hydrogen (secondary N) is 1. The van der Waals surface area contributed by atoms with Crippen molar-refractivity contribution in [3.05, 3.63) is 52.8 Å². The maximum atomic E-state index is 10.2. The van der Waals surface area contributed by atoms with Crippen molar-refractivity contribution in [2.75, 3.05) is 5.32 Å². The first-order valence-electron chi connectivity index (χ1n) is 9.60. The van der Waals surface area contributed by atoms with Crippen LogP contribution in [0, 0.1) is 0 Å². The molecule has 0 saturated heterocycles. The molecule has 5 nitrogen and oxygen atoms in total. The molecule has 0 spiro atoms. The lowest BCUT2D eigenvalue weighted by atomic mass is 9.93.